The fourth-order valence-corrected chi connectivity index (χ4v) is 3.76. The van der Waals surface area contributed by atoms with Crippen LogP contribution in [-0.4, -0.2) is 16.1 Å². The molecule has 15 heavy (non-hydrogen) atoms. The third kappa shape index (κ3) is 2.14. The molecule has 0 radical (unpaired) electrons. The van der Waals surface area contributed by atoms with Gasteiger partial charge in [0.25, 0.3) is 0 Å². The maximum absolute atomic E-state index is 10.6. The molecule has 2 heterocycles. The Morgan fingerprint density at radius 2 is 2.27 bits per heavy atom. The highest BCUT2D eigenvalue weighted by Gasteiger charge is 2.16. The van der Waals surface area contributed by atoms with E-state index in [2.05, 4.69) is 36.8 Å². The number of rotatable bonds is 2. The summed E-state index contributed by atoms with van der Waals surface area (Å²) in [7, 11) is 0. The molecule has 0 bridgehead atoms. The van der Waals surface area contributed by atoms with Crippen LogP contribution < -0.4 is 0 Å². The number of carboxylic acids is 1. The molecular weight excluding hydrogens is 350 g/mol. The summed E-state index contributed by atoms with van der Waals surface area (Å²) in [5.41, 5.74) is 0.638. The van der Waals surface area contributed by atoms with Gasteiger partial charge in [-0.2, -0.15) is 0 Å². The number of carboxylic acid groups (broad SMARTS) is 1. The molecule has 0 unspecified atom stereocenters. The van der Waals surface area contributed by atoms with E-state index in [-0.39, 0.29) is 5.69 Å². The summed E-state index contributed by atoms with van der Waals surface area (Å²) in [6.45, 7) is 0. The van der Waals surface area contributed by atoms with Crippen molar-refractivity contribution in [1.29, 1.82) is 0 Å². The Balaban J connectivity index is 2.45. The summed E-state index contributed by atoms with van der Waals surface area (Å²) in [5, 5.41) is 8.68. The Hall–Kier alpha value is -0.660. The van der Waals surface area contributed by atoms with Crippen molar-refractivity contribution in [1.82, 2.24) is 4.98 Å². The summed E-state index contributed by atoms with van der Waals surface area (Å²) in [5.74, 6) is -0.809. The van der Waals surface area contributed by atoms with E-state index in [1.165, 1.54) is 11.3 Å². The van der Waals surface area contributed by atoms with Crippen LogP contribution in [0, 0.1) is 0 Å². The molecule has 2 aromatic heterocycles. The van der Waals surface area contributed by atoms with Crippen LogP contribution in [0.2, 0.25) is 0 Å². The number of carbonyl (C=O) groups is 1. The minimum atomic E-state index is -1.10. The first-order valence-corrected chi connectivity index (χ1v) is 6.12. The lowest BCUT2D eigenvalue weighted by Gasteiger charge is -1.88. The largest absolute Gasteiger partial charge is 0.476 e. The lowest BCUT2D eigenvalue weighted by atomic mass is 10.3. The number of oxazole rings is 1. The SMILES string of the molecule is O=C(O)c1coc(-c2cc(Br)sc2Br)n1. The monoisotopic (exact) mass is 351 g/mol. The first kappa shape index (κ1) is 10.8. The van der Waals surface area contributed by atoms with Crippen LogP contribution in [0.3, 0.4) is 0 Å². The number of aromatic nitrogens is 1. The van der Waals surface area contributed by atoms with Crippen molar-refractivity contribution in [3.63, 3.8) is 0 Å². The van der Waals surface area contributed by atoms with Gasteiger partial charge in [-0.3, -0.25) is 0 Å². The summed E-state index contributed by atoms with van der Waals surface area (Å²) >= 11 is 8.13. The molecule has 0 aliphatic rings. The zero-order valence-corrected chi connectivity index (χ0v) is 11.0. The van der Waals surface area contributed by atoms with Gasteiger partial charge in [0.15, 0.2) is 5.69 Å². The van der Waals surface area contributed by atoms with Gasteiger partial charge < -0.3 is 9.52 Å². The number of thiophene rings is 1. The molecule has 0 saturated heterocycles. The Kier molecular flexibility index (Phi) is 2.94. The number of hydrogen-bond donors (Lipinski definition) is 1. The molecule has 0 amide bonds. The quantitative estimate of drug-likeness (QED) is 0.896. The van der Waals surface area contributed by atoms with Gasteiger partial charge in [-0.05, 0) is 37.9 Å². The van der Waals surface area contributed by atoms with E-state index in [0.29, 0.717) is 5.89 Å². The Morgan fingerprint density at radius 3 is 2.73 bits per heavy atom. The van der Waals surface area contributed by atoms with E-state index in [9.17, 15) is 4.79 Å². The third-order valence-corrected chi connectivity index (χ3v) is 3.95. The predicted molar refractivity (Wildman–Crippen MR) is 62.2 cm³/mol. The van der Waals surface area contributed by atoms with E-state index >= 15 is 0 Å². The molecule has 2 rings (SSSR count). The fraction of sp³-hybridized carbons (Fsp3) is 0. The van der Waals surface area contributed by atoms with Crippen molar-refractivity contribution >= 4 is 49.2 Å². The molecule has 2 aromatic rings. The van der Waals surface area contributed by atoms with Gasteiger partial charge in [0, 0.05) is 0 Å². The lowest BCUT2D eigenvalue weighted by Crippen LogP contribution is -1.95. The standard InChI is InChI=1S/C8H3Br2NO3S/c9-5-1-3(6(10)15-5)7-11-4(2-14-7)8(12)13/h1-2H,(H,12,13). The van der Waals surface area contributed by atoms with Crippen LogP contribution in [0.4, 0.5) is 0 Å². The Morgan fingerprint density at radius 1 is 1.53 bits per heavy atom. The van der Waals surface area contributed by atoms with E-state index in [1.807, 2.05) is 6.07 Å². The van der Waals surface area contributed by atoms with Gasteiger partial charge >= 0.3 is 5.97 Å². The molecule has 0 saturated carbocycles. The average Bonchev–Trinajstić information content (AvgIpc) is 2.71. The van der Waals surface area contributed by atoms with Crippen molar-refractivity contribution in [2.45, 2.75) is 0 Å². The Labute approximate surface area is 105 Å². The van der Waals surface area contributed by atoms with E-state index in [1.54, 1.807) is 0 Å². The van der Waals surface area contributed by atoms with Crippen molar-refractivity contribution in [2.75, 3.05) is 0 Å². The van der Waals surface area contributed by atoms with Crippen LogP contribution >= 0.6 is 43.2 Å². The molecular formula is C8H3Br2NO3S. The lowest BCUT2D eigenvalue weighted by molar-refractivity contribution is 0.0690. The normalized spacial score (nSPS) is 10.5. The van der Waals surface area contributed by atoms with Crippen LogP contribution in [0.25, 0.3) is 11.5 Å². The molecule has 0 fully saturated rings. The molecule has 78 valence electrons. The molecule has 7 heteroatoms. The van der Waals surface area contributed by atoms with E-state index in [4.69, 9.17) is 9.52 Å². The molecule has 0 atom stereocenters. The second kappa shape index (κ2) is 4.07. The van der Waals surface area contributed by atoms with Gasteiger partial charge in [-0.25, -0.2) is 9.78 Å². The predicted octanol–water partition coefficient (Wildman–Crippen LogP) is 3.63. The van der Waals surface area contributed by atoms with Crippen LogP contribution in [0.5, 0.6) is 0 Å². The number of aromatic carboxylic acids is 1. The summed E-state index contributed by atoms with van der Waals surface area (Å²) in [4.78, 5) is 14.4. The van der Waals surface area contributed by atoms with Gasteiger partial charge in [-0.1, -0.05) is 0 Å². The van der Waals surface area contributed by atoms with E-state index < -0.39 is 5.97 Å². The summed E-state index contributed by atoms with van der Waals surface area (Å²) in [6, 6.07) is 1.81. The molecule has 0 aliphatic heterocycles. The molecule has 0 spiro atoms. The highest BCUT2D eigenvalue weighted by Crippen LogP contribution is 2.37. The van der Waals surface area contributed by atoms with E-state index in [0.717, 1.165) is 19.4 Å². The first-order valence-electron chi connectivity index (χ1n) is 3.72. The maximum atomic E-state index is 10.6. The van der Waals surface area contributed by atoms with Crippen molar-refractivity contribution < 1.29 is 14.3 Å². The van der Waals surface area contributed by atoms with Gasteiger partial charge in [0.1, 0.15) is 6.26 Å². The smallest absolute Gasteiger partial charge is 0.357 e. The van der Waals surface area contributed by atoms with Gasteiger partial charge in [0.05, 0.1) is 13.1 Å². The van der Waals surface area contributed by atoms with Crippen molar-refractivity contribution in [2.24, 2.45) is 0 Å². The molecule has 4 nitrogen and oxygen atoms in total. The second-order valence-electron chi connectivity index (χ2n) is 2.58. The molecule has 0 aromatic carbocycles. The third-order valence-electron chi connectivity index (χ3n) is 1.61. The second-order valence-corrected chi connectivity index (χ2v) is 6.33. The van der Waals surface area contributed by atoms with Crippen LogP contribution in [0.1, 0.15) is 10.5 Å². The maximum Gasteiger partial charge on any atom is 0.357 e. The average molecular weight is 353 g/mol. The van der Waals surface area contributed by atoms with Crippen LogP contribution in [0.15, 0.2) is 24.3 Å². The minimum Gasteiger partial charge on any atom is -0.476 e. The van der Waals surface area contributed by atoms with Crippen molar-refractivity contribution in [3.05, 3.63) is 25.6 Å². The molecule has 0 aliphatic carbocycles. The highest BCUT2D eigenvalue weighted by molar-refractivity contribution is 9.12. The minimum absolute atomic E-state index is 0.0979. The topological polar surface area (TPSA) is 63.3 Å². The number of hydrogen-bond acceptors (Lipinski definition) is 4. The van der Waals surface area contributed by atoms with Gasteiger partial charge in [-0.15, -0.1) is 11.3 Å². The fourth-order valence-electron chi connectivity index (χ4n) is 0.982. The first-order chi connectivity index (χ1) is 7.08. The van der Waals surface area contributed by atoms with Crippen LogP contribution in [-0.2, 0) is 0 Å². The summed E-state index contributed by atoms with van der Waals surface area (Å²) < 4.78 is 6.83. The summed E-state index contributed by atoms with van der Waals surface area (Å²) in [6.07, 6.45) is 1.12. The Bertz CT molecular complexity index is 520. The zero-order chi connectivity index (χ0) is 11.0. The van der Waals surface area contributed by atoms with Gasteiger partial charge in [0.2, 0.25) is 5.89 Å². The highest BCUT2D eigenvalue weighted by atomic mass is 79.9. The molecule has 1 N–H and O–H groups in total. The number of nitrogens with zero attached hydrogens (tertiary/aromatic N) is 1. The zero-order valence-electron chi connectivity index (χ0n) is 7.03. The number of halogens is 2. The van der Waals surface area contributed by atoms with Crippen molar-refractivity contribution in [3.8, 4) is 11.5 Å².